The van der Waals surface area contributed by atoms with Gasteiger partial charge in [0.25, 0.3) is 5.91 Å². The van der Waals surface area contributed by atoms with Crippen molar-refractivity contribution in [3.8, 4) is 0 Å². The molecular weight excluding hydrogens is 262 g/mol. The molecule has 0 fully saturated rings. The molecule has 7 nitrogen and oxygen atoms in total. The quantitative estimate of drug-likeness (QED) is 0.754. The summed E-state index contributed by atoms with van der Waals surface area (Å²) in [6.45, 7) is 9.95. The molecule has 0 atom stereocenters. The van der Waals surface area contributed by atoms with E-state index in [1.54, 1.807) is 41.5 Å². The molecule has 0 radical (unpaired) electrons. The van der Waals surface area contributed by atoms with Crippen molar-refractivity contribution in [1.82, 2.24) is 5.32 Å². The Labute approximate surface area is 119 Å². The Morgan fingerprint density at radius 1 is 1.10 bits per heavy atom. The number of amides is 3. The van der Waals surface area contributed by atoms with E-state index in [0.29, 0.717) is 0 Å². The highest BCUT2D eigenvalue weighted by Gasteiger charge is 2.28. The molecule has 0 aliphatic heterocycles. The van der Waals surface area contributed by atoms with Crippen molar-refractivity contribution in [2.45, 2.75) is 47.1 Å². The lowest BCUT2D eigenvalue weighted by Crippen LogP contribution is -2.42. The van der Waals surface area contributed by atoms with Gasteiger partial charge in [0.15, 0.2) is 0 Å². The number of hydrogen-bond donors (Lipinski definition) is 2. The lowest BCUT2D eigenvalue weighted by Gasteiger charge is -2.22. The van der Waals surface area contributed by atoms with E-state index in [9.17, 15) is 14.4 Å². The number of carbonyl (C=O) groups excluding carboxylic acids is 3. The highest BCUT2D eigenvalue weighted by Crippen LogP contribution is 2.18. The average Bonchev–Trinajstić information content (AvgIpc) is 2.18. The van der Waals surface area contributed by atoms with Crippen molar-refractivity contribution >= 4 is 23.6 Å². The fourth-order valence-electron chi connectivity index (χ4n) is 1.19. The average molecular weight is 285 g/mol. The van der Waals surface area contributed by atoms with E-state index in [0.717, 1.165) is 0 Å². The van der Waals surface area contributed by atoms with Gasteiger partial charge in [-0.3, -0.25) is 9.59 Å². The zero-order valence-electron chi connectivity index (χ0n) is 12.9. The summed E-state index contributed by atoms with van der Waals surface area (Å²) in [6.07, 6.45) is -0.850. The molecule has 0 heterocycles. The van der Waals surface area contributed by atoms with Crippen molar-refractivity contribution in [3.05, 3.63) is 0 Å². The Kier molecular flexibility index (Phi) is 5.87. The Hall–Kier alpha value is -1.92. The third kappa shape index (κ3) is 7.50. The van der Waals surface area contributed by atoms with Gasteiger partial charge < -0.3 is 15.8 Å². The second kappa shape index (κ2) is 6.49. The van der Waals surface area contributed by atoms with Gasteiger partial charge in [-0.2, -0.15) is 4.99 Å². The van der Waals surface area contributed by atoms with Gasteiger partial charge in [0.1, 0.15) is 11.3 Å². The normalized spacial score (nSPS) is 12.8. The number of rotatable bonds is 3. The Bertz CT molecular complexity index is 428. The summed E-state index contributed by atoms with van der Waals surface area (Å²) >= 11 is 0. The lowest BCUT2D eigenvalue weighted by atomic mass is 9.89. The number of nitrogens with zero attached hydrogens (tertiary/aromatic N) is 1. The largest absolute Gasteiger partial charge is 0.442 e. The number of nitrogens with two attached hydrogens (primary N) is 1. The van der Waals surface area contributed by atoms with Crippen LogP contribution in [0, 0.1) is 5.41 Å². The molecule has 0 bridgehead atoms. The monoisotopic (exact) mass is 285 g/mol. The molecule has 0 aliphatic rings. The summed E-state index contributed by atoms with van der Waals surface area (Å²) in [5.41, 5.74) is 3.55. The maximum atomic E-state index is 11.9. The number of hydrogen-bond acceptors (Lipinski definition) is 4. The van der Waals surface area contributed by atoms with Crippen LogP contribution >= 0.6 is 0 Å². The zero-order chi connectivity index (χ0) is 16.1. The van der Waals surface area contributed by atoms with E-state index in [1.165, 1.54) is 0 Å². The highest BCUT2D eigenvalue weighted by atomic mass is 16.6. The van der Waals surface area contributed by atoms with Crippen LogP contribution in [-0.2, 0) is 14.3 Å². The minimum atomic E-state index is -0.850. The fraction of sp³-hybridized carbons (Fsp3) is 0.692. The smallest absolute Gasteiger partial charge is 0.434 e. The lowest BCUT2D eigenvalue weighted by molar-refractivity contribution is -0.121. The van der Waals surface area contributed by atoms with E-state index < -0.39 is 28.9 Å². The Morgan fingerprint density at radius 3 is 1.95 bits per heavy atom. The number of primary amides is 1. The maximum absolute atomic E-state index is 11.9. The maximum Gasteiger partial charge on any atom is 0.434 e. The van der Waals surface area contributed by atoms with E-state index in [2.05, 4.69) is 10.3 Å². The standard InChI is InChI=1S/C13H23N3O4/c1-12(2,3)9(10(18)15-7-8(14)17)16-11(19)20-13(4,5)6/h7H2,1-6H3,(H2,14,17)(H,15,18)/b16-9-. The molecule has 0 saturated carbocycles. The van der Waals surface area contributed by atoms with Crippen molar-refractivity contribution < 1.29 is 19.1 Å². The second-order valence-corrected chi connectivity index (χ2v) is 6.34. The van der Waals surface area contributed by atoms with Crippen LogP contribution in [0.4, 0.5) is 4.79 Å². The van der Waals surface area contributed by atoms with Crippen molar-refractivity contribution in [2.24, 2.45) is 16.1 Å². The summed E-state index contributed by atoms with van der Waals surface area (Å²) < 4.78 is 5.04. The molecular formula is C13H23N3O4. The second-order valence-electron chi connectivity index (χ2n) is 6.34. The van der Waals surface area contributed by atoms with Crippen LogP contribution in [0.1, 0.15) is 41.5 Å². The van der Waals surface area contributed by atoms with E-state index in [4.69, 9.17) is 10.5 Å². The number of ether oxygens (including phenoxy) is 1. The van der Waals surface area contributed by atoms with Crippen LogP contribution in [0.2, 0.25) is 0 Å². The minimum Gasteiger partial charge on any atom is -0.442 e. The molecule has 0 aromatic rings. The number of aliphatic imine (C=N–C) groups is 1. The molecule has 0 rings (SSSR count). The third-order valence-corrected chi connectivity index (χ3v) is 1.95. The van der Waals surface area contributed by atoms with E-state index in [1.807, 2.05) is 0 Å². The van der Waals surface area contributed by atoms with Crippen LogP contribution in [0.25, 0.3) is 0 Å². The molecule has 3 amide bonds. The first-order valence-electron chi connectivity index (χ1n) is 6.21. The molecule has 3 N–H and O–H groups in total. The number of nitrogens with one attached hydrogen (secondary N) is 1. The Morgan fingerprint density at radius 2 is 1.60 bits per heavy atom. The van der Waals surface area contributed by atoms with Gasteiger partial charge in [-0.1, -0.05) is 20.8 Å². The molecule has 0 aliphatic carbocycles. The highest BCUT2D eigenvalue weighted by molar-refractivity contribution is 6.42. The third-order valence-electron chi connectivity index (χ3n) is 1.95. The summed E-state index contributed by atoms with van der Waals surface area (Å²) in [6, 6.07) is 0. The van der Waals surface area contributed by atoms with Gasteiger partial charge in [-0.25, -0.2) is 4.79 Å². The van der Waals surface area contributed by atoms with Crippen molar-refractivity contribution in [2.75, 3.05) is 6.54 Å². The summed E-state index contributed by atoms with van der Waals surface area (Å²) in [7, 11) is 0. The zero-order valence-corrected chi connectivity index (χ0v) is 12.9. The molecule has 0 spiro atoms. The van der Waals surface area contributed by atoms with Crippen LogP contribution in [-0.4, -0.2) is 35.8 Å². The first-order valence-corrected chi connectivity index (χ1v) is 6.21. The first kappa shape index (κ1) is 18.1. The molecule has 0 saturated heterocycles. The minimum absolute atomic E-state index is 0.0204. The van der Waals surface area contributed by atoms with E-state index >= 15 is 0 Å². The molecule has 0 aromatic carbocycles. The van der Waals surface area contributed by atoms with Crippen LogP contribution in [0.5, 0.6) is 0 Å². The predicted molar refractivity (Wildman–Crippen MR) is 75.3 cm³/mol. The molecule has 0 unspecified atom stereocenters. The molecule has 114 valence electrons. The van der Waals surface area contributed by atoms with Gasteiger partial charge in [-0.05, 0) is 20.8 Å². The molecule has 7 heteroatoms. The van der Waals surface area contributed by atoms with E-state index in [-0.39, 0.29) is 12.3 Å². The van der Waals surface area contributed by atoms with Crippen molar-refractivity contribution in [1.29, 1.82) is 0 Å². The van der Waals surface area contributed by atoms with Crippen LogP contribution in [0.15, 0.2) is 4.99 Å². The fourth-order valence-corrected chi connectivity index (χ4v) is 1.19. The van der Waals surface area contributed by atoms with Gasteiger partial charge in [0.05, 0.1) is 6.54 Å². The van der Waals surface area contributed by atoms with Crippen molar-refractivity contribution in [3.63, 3.8) is 0 Å². The van der Waals surface area contributed by atoms with Gasteiger partial charge in [0, 0.05) is 5.41 Å². The summed E-state index contributed by atoms with van der Waals surface area (Å²) in [5, 5.41) is 2.30. The number of carbonyl (C=O) groups is 3. The summed E-state index contributed by atoms with van der Waals surface area (Å²) in [5.74, 6) is -1.30. The van der Waals surface area contributed by atoms with Crippen LogP contribution < -0.4 is 11.1 Å². The first-order chi connectivity index (χ1) is 8.83. The van der Waals surface area contributed by atoms with Gasteiger partial charge in [0.2, 0.25) is 5.91 Å². The summed E-state index contributed by atoms with van der Waals surface area (Å²) in [4.78, 5) is 38.0. The predicted octanol–water partition coefficient (Wildman–Crippen LogP) is 1.01. The van der Waals surface area contributed by atoms with Crippen LogP contribution in [0.3, 0.4) is 0 Å². The molecule has 20 heavy (non-hydrogen) atoms. The van der Waals surface area contributed by atoms with Gasteiger partial charge >= 0.3 is 6.09 Å². The topological polar surface area (TPSA) is 111 Å². The SMILES string of the molecule is CC(C)(C)OC(=O)/N=C(/C(=O)NCC(N)=O)C(C)(C)C. The van der Waals surface area contributed by atoms with Gasteiger partial charge in [-0.15, -0.1) is 0 Å². The Balaban J connectivity index is 5.12. The molecule has 0 aromatic heterocycles.